The third-order valence-corrected chi connectivity index (χ3v) is 2.17. The van der Waals surface area contributed by atoms with Crippen LogP contribution in [-0.4, -0.2) is 11.3 Å². The molecule has 0 saturated heterocycles. The lowest BCUT2D eigenvalue weighted by molar-refractivity contribution is -0.274. The van der Waals surface area contributed by atoms with E-state index in [4.69, 9.17) is 0 Å². The molecule has 94 valence electrons. The highest BCUT2D eigenvalue weighted by atomic mass is 19.4. The van der Waals surface area contributed by atoms with Crippen molar-refractivity contribution < 1.29 is 22.3 Å². The molecule has 0 radical (unpaired) electrons. The summed E-state index contributed by atoms with van der Waals surface area (Å²) in [6, 6.07) is 6.09. The van der Waals surface area contributed by atoms with Crippen molar-refractivity contribution in [2.24, 2.45) is 0 Å². The number of aromatic nitrogens is 1. The zero-order valence-corrected chi connectivity index (χ0v) is 8.91. The van der Waals surface area contributed by atoms with E-state index in [0.717, 1.165) is 12.1 Å². The number of ether oxygens (including phenoxy) is 1. The topological polar surface area (TPSA) is 22.1 Å². The number of alkyl halides is 3. The number of nitrogens with zero attached hydrogens (tertiary/aromatic N) is 1. The lowest BCUT2D eigenvalue weighted by Gasteiger charge is -2.09. The van der Waals surface area contributed by atoms with Gasteiger partial charge in [-0.05, 0) is 23.8 Å². The number of hydrogen-bond donors (Lipinski definition) is 0. The molecule has 0 unspecified atom stereocenters. The summed E-state index contributed by atoms with van der Waals surface area (Å²) in [6.07, 6.45) is -2.14. The second kappa shape index (κ2) is 4.64. The van der Waals surface area contributed by atoms with Crippen LogP contribution in [0, 0.1) is 5.82 Å². The molecule has 6 heteroatoms. The minimum Gasteiger partial charge on any atom is -0.406 e. The molecule has 1 heterocycles. The molecule has 0 aliphatic rings. The molecule has 2 rings (SSSR count). The van der Waals surface area contributed by atoms with Gasteiger partial charge in [-0.2, -0.15) is 0 Å². The molecule has 0 amide bonds. The van der Waals surface area contributed by atoms with Crippen LogP contribution >= 0.6 is 0 Å². The van der Waals surface area contributed by atoms with E-state index in [1.165, 1.54) is 30.6 Å². The molecule has 0 aliphatic carbocycles. The largest absolute Gasteiger partial charge is 0.573 e. The summed E-state index contributed by atoms with van der Waals surface area (Å²) in [4.78, 5) is 3.75. The van der Waals surface area contributed by atoms with E-state index in [1.807, 2.05) is 0 Å². The van der Waals surface area contributed by atoms with E-state index in [9.17, 15) is 17.6 Å². The van der Waals surface area contributed by atoms with Crippen LogP contribution in [-0.2, 0) is 0 Å². The van der Waals surface area contributed by atoms with Crippen molar-refractivity contribution >= 4 is 0 Å². The van der Waals surface area contributed by atoms with Crippen LogP contribution in [0.5, 0.6) is 5.75 Å². The van der Waals surface area contributed by atoms with E-state index in [0.29, 0.717) is 5.56 Å². The molecular formula is C12H7F4NO. The van der Waals surface area contributed by atoms with Gasteiger partial charge in [-0.25, -0.2) is 4.39 Å². The minimum absolute atomic E-state index is 0.219. The van der Waals surface area contributed by atoms with Crippen LogP contribution in [0.1, 0.15) is 0 Å². The molecule has 0 bridgehead atoms. The van der Waals surface area contributed by atoms with Crippen LogP contribution in [0.4, 0.5) is 17.6 Å². The summed E-state index contributed by atoms with van der Waals surface area (Å²) in [5, 5.41) is 0. The molecule has 0 fully saturated rings. The van der Waals surface area contributed by atoms with Crippen molar-refractivity contribution in [2.45, 2.75) is 6.36 Å². The normalized spacial score (nSPS) is 11.3. The zero-order chi connectivity index (χ0) is 13.2. The van der Waals surface area contributed by atoms with Gasteiger partial charge in [-0.3, -0.25) is 4.98 Å². The van der Waals surface area contributed by atoms with Gasteiger partial charge in [0.25, 0.3) is 0 Å². The SMILES string of the molecule is Fc1ccncc1-c1ccc(OC(F)(F)F)cc1. The van der Waals surface area contributed by atoms with Gasteiger partial charge in [0, 0.05) is 18.0 Å². The van der Waals surface area contributed by atoms with Gasteiger partial charge in [0.05, 0.1) is 0 Å². The van der Waals surface area contributed by atoms with Gasteiger partial charge in [-0.15, -0.1) is 13.2 Å². The van der Waals surface area contributed by atoms with Gasteiger partial charge in [0.15, 0.2) is 0 Å². The Labute approximate surface area is 99.8 Å². The van der Waals surface area contributed by atoms with Crippen molar-refractivity contribution in [3.63, 3.8) is 0 Å². The first-order valence-electron chi connectivity index (χ1n) is 4.91. The molecule has 18 heavy (non-hydrogen) atoms. The summed E-state index contributed by atoms with van der Waals surface area (Å²) in [5.41, 5.74) is 0.645. The second-order valence-electron chi connectivity index (χ2n) is 3.43. The second-order valence-corrected chi connectivity index (χ2v) is 3.43. The monoisotopic (exact) mass is 257 g/mol. The molecule has 2 nitrogen and oxygen atoms in total. The summed E-state index contributed by atoms with van der Waals surface area (Å²) >= 11 is 0. The molecule has 0 saturated carbocycles. The maximum absolute atomic E-state index is 13.4. The zero-order valence-electron chi connectivity index (χ0n) is 8.91. The highest BCUT2D eigenvalue weighted by Crippen LogP contribution is 2.27. The van der Waals surface area contributed by atoms with Crippen LogP contribution in [0.25, 0.3) is 11.1 Å². The fourth-order valence-electron chi connectivity index (χ4n) is 1.43. The Morgan fingerprint density at radius 1 is 1.00 bits per heavy atom. The van der Waals surface area contributed by atoms with Crippen LogP contribution in [0.2, 0.25) is 0 Å². The Hall–Kier alpha value is -2.11. The standard InChI is InChI=1S/C12H7F4NO/c13-11-5-6-17-7-10(11)8-1-3-9(4-2-8)18-12(14,15)16/h1-7H. The summed E-state index contributed by atoms with van der Waals surface area (Å²) < 4.78 is 52.9. The summed E-state index contributed by atoms with van der Waals surface area (Å²) in [5.74, 6) is -0.843. The van der Waals surface area contributed by atoms with E-state index in [2.05, 4.69) is 9.72 Å². The van der Waals surface area contributed by atoms with Crippen molar-refractivity contribution in [2.75, 3.05) is 0 Å². The average Bonchev–Trinajstić information content (AvgIpc) is 2.29. The highest BCUT2D eigenvalue weighted by Gasteiger charge is 2.30. The predicted octanol–water partition coefficient (Wildman–Crippen LogP) is 3.79. The first-order valence-corrected chi connectivity index (χ1v) is 4.91. The van der Waals surface area contributed by atoms with Crippen molar-refractivity contribution in [3.05, 3.63) is 48.5 Å². The summed E-state index contributed by atoms with van der Waals surface area (Å²) in [6.45, 7) is 0. The summed E-state index contributed by atoms with van der Waals surface area (Å²) in [7, 11) is 0. The quantitative estimate of drug-likeness (QED) is 0.764. The number of halogens is 4. The first-order chi connectivity index (χ1) is 8.46. The van der Waals surface area contributed by atoms with Crippen LogP contribution in [0.15, 0.2) is 42.7 Å². The Balaban J connectivity index is 2.26. The molecule has 0 atom stereocenters. The molecule has 0 spiro atoms. The fraction of sp³-hybridized carbons (Fsp3) is 0.0833. The van der Waals surface area contributed by atoms with Gasteiger partial charge in [-0.1, -0.05) is 12.1 Å². The Morgan fingerprint density at radius 2 is 1.67 bits per heavy atom. The Morgan fingerprint density at radius 3 is 2.22 bits per heavy atom. The van der Waals surface area contributed by atoms with Crippen molar-refractivity contribution in [1.82, 2.24) is 4.98 Å². The average molecular weight is 257 g/mol. The molecule has 1 aromatic heterocycles. The lowest BCUT2D eigenvalue weighted by atomic mass is 10.1. The van der Waals surface area contributed by atoms with Crippen LogP contribution < -0.4 is 4.74 Å². The van der Waals surface area contributed by atoms with E-state index >= 15 is 0 Å². The maximum Gasteiger partial charge on any atom is 0.573 e. The third kappa shape index (κ3) is 2.97. The lowest BCUT2D eigenvalue weighted by Crippen LogP contribution is -2.16. The third-order valence-electron chi connectivity index (χ3n) is 2.17. The number of hydrogen-bond acceptors (Lipinski definition) is 2. The van der Waals surface area contributed by atoms with Gasteiger partial charge in [0.2, 0.25) is 0 Å². The van der Waals surface area contributed by atoms with E-state index in [-0.39, 0.29) is 11.3 Å². The van der Waals surface area contributed by atoms with Crippen LogP contribution in [0.3, 0.4) is 0 Å². The molecular weight excluding hydrogens is 250 g/mol. The van der Waals surface area contributed by atoms with E-state index in [1.54, 1.807) is 0 Å². The van der Waals surface area contributed by atoms with Crippen molar-refractivity contribution in [3.8, 4) is 16.9 Å². The van der Waals surface area contributed by atoms with Gasteiger partial charge in [0.1, 0.15) is 11.6 Å². The number of benzene rings is 1. The molecule has 2 aromatic rings. The minimum atomic E-state index is -4.74. The fourth-order valence-corrected chi connectivity index (χ4v) is 1.43. The maximum atomic E-state index is 13.4. The predicted molar refractivity (Wildman–Crippen MR) is 56.3 cm³/mol. The first kappa shape index (κ1) is 12.3. The van der Waals surface area contributed by atoms with Crippen molar-refractivity contribution in [1.29, 1.82) is 0 Å². The number of rotatable bonds is 2. The Bertz CT molecular complexity index is 537. The number of pyridine rings is 1. The smallest absolute Gasteiger partial charge is 0.406 e. The highest BCUT2D eigenvalue weighted by molar-refractivity contribution is 5.63. The van der Waals surface area contributed by atoms with Gasteiger partial charge < -0.3 is 4.74 Å². The Kier molecular flexibility index (Phi) is 3.18. The molecule has 1 aromatic carbocycles. The van der Waals surface area contributed by atoms with E-state index < -0.39 is 12.2 Å². The van der Waals surface area contributed by atoms with Gasteiger partial charge >= 0.3 is 6.36 Å². The molecule has 0 aliphatic heterocycles. The molecule has 0 N–H and O–H groups in total.